The maximum absolute atomic E-state index is 12.9. The highest BCUT2D eigenvalue weighted by Gasteiger charge is 2.36. The molecule has 0 spiro atoms. The van der Waals surface area contributed by atoms with Crippen LogP contribution in [0.3, 0.4) is 0 Å². The Morgan fingerprint density at radius 2 is 1.76 bits per heavy atom. The summed E-state index contributed by atoms with van der Waals surface area (Å²) in [6.45, 7) is 0. The summed E-state index contributed by atoms with van der Waals surface area (Å²) in [4.78, 5) is 13.0. The van der Waals surface area contributed by atoms with E-state index in [0.29, 0.717) is 10.7 Å². The van der Waals surface area contributed by atoms with Gasteiger partial charge in [-0.3, -0.25) is 9.69 Å². The standard InChI is InChI=1S/C17H11ClN2O3S2/c18-12-6-8-14(9-7-12)25(22,23)15(10-19)17-20(16(21)11-24-17)13-4-2-1-3-5-13/h1-9H,11H2/b17-15-. The Labute approximate surface area is 154 Å². The Bertz CT molecular complexity index is 994. The molecule has 1 aliphatic heterocycles. The Kier molecular flexibility index (Phi) is 4.86. The number of nitrogens with zero attached hydrogens (tertiary/aromatic N) is 2. The van der Waals surface area contributed by atoms with Crippen LogP contribution in [0, 0.1) is 11.3 Å². The summed E-state index contributed by atoms with van der Waals surface area (Å²) in [6.07, 6.45) is 0. The molecule has 0 radical (unpaired) electrons. The van der Waals surface area contributed by atoms with E-state index in [2.05, 4.69) is 0 Å². The minimum atomic E-state index is -4.07. The first-order chi connectivity index (χ1) is 11.9. The lowest BCUT2D eigenvalue weighted by molar-refractivity contribution is -0.115. The lowest BCUT2D eigenvalue weighted by Gasteiger charge is -2.18. The second-order valence-electron chi connectivity index (χ2n) is 5.06. The van der Waals surface area contributed by atoms with Crippen molar-refractivity contribution in [3.8, 4) is 6.07 Å². The highest BCUT2D eigenvalue weighted by molar-refractivity contribution is 8.05. The third kappa shape index (κ3) is 3.29. The SMILES string of the molecule is N#C/C(=C1/SCC(=O)N1c1ccccc1)S(=O)(=O)c1ccc(Cl)cc1. The molecule has 0 aromatic heterocycles. The van der Waals surface area contributed by atoms with Crippen molar-refractivity contribution in [1.29, 1.82) is 5.26 Å². The molecule has 1 amide bonds. The number of sulfone groups is 1. The number of carbonyl (C=O) groups is 1. The van der Waals surface area contributed by atoms with Crippen LogP contribution in [0.4, 0.5) is 5.69 Å². The van der Waals surface area contributed by atoms with Gasteiger partial charge < -0.3 is 0 Å². The predicted molar refractivity (Wildman–Crippen MR) is 97.7 cm³/mol. The molecule has 2 aromatic carbocycles. The number of halogens is 1. The van der Waals surface area contributed by atoms with Gasteiger partial charge in [0.1, 0.15) is 11.1 Å². The number of carbonyl (C=O) groups excluding carboxylic acids is 1. The zero-order valence-electron chi connectivity index (χ0n) is 12.7. The largest absolute Gasteiger partial charge is 0.273 e. The second kappa shape index (κ2) is 6.92. The smallest absolute Gasteiger partial charge is 0.242 e. The molecule has 3 rings (SSSR count). The molecule has 0 saturated carbocycles. The number of hydrogen-bond donors (Lipinski definition) is 0. The number of para-hydroxylation sites is 1. The van der Waals surface area contributed by atoms with Crippen molar-refractivity contribution in [3.05, 3.63) is 69.6 Å². The molecule has 0 N–H and O–H groups in total. The van der Waals surface area contributed by atoms with Crippen LogP contribution in [-0.4, -0.2) is 20.1 Å². The van der Waals surface area contributed by atoms with Gasteiger partial charge in [0.05, 0.1) is 10.6 Å². The van der Waals surface area contributed by atoms with E-state index < -0.39 is 14.7 Å². The molecule has 25 heavy (non-hydrogen) atoms. The van der Waals surface area contributed by atoms with E-state index in [1.54, 1.807) is 36.4 Å². The number of hydrogen-bond acceptors (Lipinski definition) is 5. The Balaban J connectivity index is 2.16. The Hall–Kier alpha value is -2.27. The van der Waals surface area contributed by atoms with Gasteiger partial charge in [0.25, 0.3) is 0 Å². The van der Waals surface area contributed by atoms with Crippen molar-refractivity contribution in [2.24, 2.45) is 0 Å². The second-order valence-corrected chi connectivity index (χ2v) is 8.34. The molecule has 0 aliphatic carbocycles. The lowest BCUT2D eigenvalue weighted by atomic mass is 10.3. The van der Waals surface area contributed by atoms with Gasteiger partial charge in [-0.25, -0.2) is 8.42 Å². The lowest BCUT2D eigenvalue weighted by Crippen LogP contribution is -2.25. The Morgan fingerprint density at radius 3 is 2.36 bits per heavy atom. The highest BCUT2D eigenvalue weighted by Crippen LogP contribution is 2.38. The highest BCUT2D eigenvalue weighted by atomic mass is 35.5. The number of benzene rings is 2. The van der Waals surface area contributed by atoms with Crippen LogP contribution in [0.25, 0.3) is 0 Å². The van der Waals surface area contributed by atoms with E-state index in [9.17, 15) is 18.5 Å². The van der Waals surface area contributed by atoms with E-state index in [4.69, 9.17) is 11.6 Å². The van der Waals surface area contributed by atoms with Gasteiger partial charge in [0, 0.05) is 10.7 Å². The van der Waals surface area contributed by atoms with E-state index >= 15 is 0 Å². The average Bonchev–Trinajstić information content (AvgIpc) is 2.98. The van der Waals surface area contributed by atoms with Crippen LogP contribution >= 0.6 is 23.4 Å². The Morgan fingerprint density at radius 1 is 1.12 bits per heavy atom. The fourth-order valence-electron chi connectivity index (χ4n) is 2.33. The minimum absolute atomic E-state index is 0.0473. The molecule has 0 unspecified atom stereocenters. The van der Waals surface area contributed by atoms with Crippen molar-refractivity contribution < 1.29 is 13.2 Å². The number of amides is 1. The topological polar surface area (TPSA) is 78.2 Å². The normalized spacial score (nSPS) is 16.6. The number of nitriles is 1. The molecule has 0 atom stereocenters. The maximum atomic E-state index is 12.9. The van der Waals surface area contributed by atoms with E-state index in [0.717, 1.165) is 11.8 Å². The van der Waals surface area contributed by atoms with Crippen LogP contribution in [0.1, 0.15) is 0 Å². The summed E-state index contributed by atoms with van der Waals surface area (Å²) in [5.41, 5.74) is 0.520. The van der Waals surface area contributed by atoms with Crippen molar-refractivity contribution in [3.63, 3.8) is 0 Å². The first kappa shape index (κ1) is 17.5. The van der Waals surface area contributed by atoms with Crippen molar-refractivity contribution in [1.82, 2.24) is 0 Å². The first-order valence-electron chi connectivity index (χ1n) is 7.11. The van der Waals surface area contributed by atoms with Gasteiger partial charge in [-0.2, -0.15) is 5.26 Å². The summed E-state index contributed by atoms with van der Waals surface area (Å²) in [6, 6.07) is 16.0. The van der Waals surface area contributed by atoms with Crippen LogP contribution in [0.5, 0.6) is 0 Å². The zero-order chi connectivity index (χ0) is 18.0. The van der Waals surface area contributed by atoms with Crippen LogP contribution in [0.15, 0.2) is 69.4 Å². The first-order valence-corrected chi connectivity index (χ1v) is 9.95. The third-order valence-electron chi connectivity index (χ3n) is 3.49. The van der Waals surface area contributed by atoms with Gasteiger partial charge in [0.15, 0.2) is 4.91 Å². The summed E-state index contributed by atoms with van der Waals surface area (Å²) in [5, 5.41) is 10.0. The fraction of sp³-hybridized carbons (Fsp3) is 0.0588. The van der Waals surface area contributed by atoms with Crippen LogP contribution in [-0.2, 0) is 14.6 Å². The molecule has 0 bridgehead atoms. The fourth-order valence-corrected chi connectivity index (χ4v) is 5.04. The number of rotatable bonds is 3. The molecule has 2 aromatic rings. The molecular formula is C17H11ClN2O3S2. The van der Waals surface area contributed by atoms with Crippen molar-refractivity contribution in [2.75, 3.05) is 10.7 Å². The summed E-state index contributed by atoms with van der Waals surface area (Å²) in [5.74, 6) is -0.198. The van der Waals surface area contributed by atoms with E-state index in [1.807, 2.05) is 0 Å². The molecule has 126 valence electrons. The van der Waals surface area contributed by atoms with Crippen LogP contribution in [0.2, 0.25) is 5.02 Å². The molecule has 8 heteroatoms. The molecule has 1 heterocycles. The number of anilines is 1. The summed E-state index contributed by atoms with van der Waals surface area (Å²) >= 11 is 6.83. The predicted octanol–water partition coefficient (Wildman–Crippen LogP) is 3.59. The monoisotopic (exact) mass is 390 g/mol. The number of allylic oxidation sites excluding steroid dienone is 1. The molecule has 1 aliphatic rings. The molecular weight excluding hydrogens is 380 g/mol. The van der Waals surface area contributed by atoms with E-state index in [1.165, 1.54) is 29.2 Å². The zero-order valence-corrected chi connectivity index (χ0v) is 15.1. The molecule has 5 nitrogen and oxygen atoms in total. The number of thioether (sulfide) groups is 1. The average molecular weight is 391 g/mol. The molecule has 1 saturated heterocycles. The summed E-state index contributed by atoms with van der Waals surface area (Å²) < 4.78 is 25.7. The van der Waals surface area contributed by atoms with Gasteiger partial charge in [-0.15, -0.1) is 0 Å². The van der Waals surface area contributed by atoms with Crippen LogP contribution < -0.4 is 4.90 Å². The van der Waals surface area contributed by atoms with Gasteiger partial charge in [-0.05, 0) is 36.4 Å². The third-order valence-corrected chi connectivity index (χ3v) is 6.64. The maximum Gasteiger partial charge on any atom is 0.242 e. The summed E-state index contributed by atoms with van der Waals surface area (Å²) in [7, 11) is -4.07. The molecule has 1 fully saturated rings. The van der Waals surface area contributed by atoms with Crippen molar-refractivity contribution in [2.45, 2.75) is 4.90 Å². The van der Waals surface area contributed by atoms with Crippen molar-refractivity contribution >= 4 is 44.8 Å². The van der Waals surface area contributed by atoms with Gasteiger partial charge >= 0.3 is 0 Å². The van der Waals surface area contributed by atoms with Gasteiger partial charge in [0.2, 0.25) is 15.7 Å². The van der Waals surface area contributed by atoms with E-state index in [-0.39, 0.29) is 21.6 Å². The minimum Gasteiger partial charge on any atom is -0.273 e. The van der Waals surface area contributed by atoms with Gasteiger partial charge in [-0.1, -0.05) is 41.6 Å². The quantitative estimate of drug-likeness (QED) is 0.748.